The van der Waals surface area contributed by atoms with Crippen LogP contribution in [0.25, 0.3) is 0 Å². The maximum atomic E-state index is 11.5. The molecule has 15 heavy (non-hydrogen) atoms. The van der Waals surface area contributed by atoms with E-state index in [1.54, 1.807) is 31.4 Å². The van der Waals surface area contributed by atoms with Gasteiger partial charge in [-0.25, -0.2) is 4.79 Å². The first kappa shape index (κ1) is 11.6. The third kappa shape index (κ3) is 3.62. The Labute approximate surface area is 90.0 Å². The van der Waals surface area contributed by atoms with Gasteiger partial charge >= 0.3 is 5.97 Å². The molecular formula is C12H16O3. The monoisotopic (exact) mass is 208 g/mol. The zero-order valence-electron chi connectivity index (χ0n) is 9.32. The average molecular weight is 208 g/mol. The second-order valence-corrected chi connectivity index (χ2v) is 3.72. The van der Waals surface area contributed by atoms with E-state index >= 15 is 0 Å². The summed E-state index contributed by atoms with van der Waals surface area (Å²) >= 11 is 0. The number of ether oxygens (including phenoxy) is 2. The Kier molecular flexibility index (Phi) is 4.16. The van der Waals surface area contributed by atoms with E-state index in [-0.39, 0.29) is 5.97 Å². The van der Waals surface area contributed by atoms with E-state index < -0.39 is 0 Å². The predicted octanol–water partition coefficient (Wildman–Crippen LogP) is 2.51. The molecule has 0 bridgehead atoms. The molecule has 0 aliphatic carbocycles. The van der Waals surface area contributed by atoms with Gasteiger partial charge in [0.25, 0.3) is 0 Å². The largest absolute Gasteiger partial charge is 0.497 e. The Balaban J connectivity index is 2.58. The molecule has 3 nitrogen and oxygen atoms in total. The number of hydrogen-bond acceptors (Lipinski definition) is 3. The predicted molar refractivity (Wildman–Crippen MR) is 58.1 cm³/mol. The minimum atomic E-state index is -0.286. The molecule has 1 aromatic carbocycles. The molecule has 0 unspecified atom stereocenters. The Morgan fingerprint density at radius 3 is 2.33 bits per heavy atom. The zero-order chi connectivity index (χ0) is 11.3. The maximum Gasteiger partial charge on any atom is 0.338 e. The molecule has 0 aliphatic heterocycles. The molecule has 0 fully saturated rings. The van der Waals surface area contributed by atoms with Gasteiger partial charge in [0.1, 0.15) is 5.75 Å². The van der Waals surface area contributed by atoms with Crippen molar-refractivity contribution >= 4 is 5.97 Å². The Hall–Kier alpha value is -1.51. The SMILES string of the molecule is COc1ccc(C(=O)OCC(C)C)cc1. The third-order valence-electron chi connectivity index (χ3n) is 1.87. The highest BCUT2D eigenvalue weighted by molar-refractivity contribution is 5.89. The number of benzene rings is 1. The molecule has 0 saturated carbocycles. The summed E-state index contributed by atoms with van der Waals surface area (Å²) in [6, 6.07) is 6.88. The molecule has 0 heterocycles. The Morgan fingerprint density at radius 2 is 1.87 bits per heavy atom. The first-order valence-electron chi connectivity index (χ1n) is 4.94. The minimum absolute atomic E-state index is 0.286. The fourth-order valence-electron chi connectivity index (χ4n) is 1.05. The smallest absolute Gasteiger partial charge is 0.338 e. The topological polar surface area (TPSA) is 35.5 Å². The molecule has 0 aliphatic rings. The summed E-state index contributed by atoms with van der Waals surface area (Å²) in [6.07, 6.45) is 0. The van der Waals surface area contributed by atoms with Gasteiger partial charge in [-0.1, -0.05) is 13.8 Å². The normalized spacial score (nSPS) is 10.1. The number of rotatable bonds is 4. The van der Waals surface area contributed by atoms with Crippen LogP contribution in [0.3, 0.4) is 0 Å². The van der Waals surface area contributed by atoms with E-state index in [1.165, 1.54) is 0 Å². The van der Waals surface area contributed by atoms with Crippen LogP contribution in [0.2, 0.25) is 0 Å². The van der Waals surface area contributed by atoms with Crippen molar-refractivity contribution in [1.82, 2.24) is 0 Å². The van der Waals surface area contributed by atoms with Crippen LogP contribution in [-0.4, -0.2) is 19.7 Å². The lowest BCUT2D eigenvalue weighted by Gasteiger charge is -2.07. The number of esters is 1. The molecule has 0 N–H and O–H groups in total. The lowest BCUT2D eigenvalue weighted by Crippen LogP contribution is -2.09. The molecule has 1 aromatic rings. The van der Waals surface area contributed by atoms with E-state index in [4.69, 9.17) is 9.47 Å². The van der Waals surface area contributed by atoms with Gasteiger partial charge in [-0.15, -0.1) is 0 Å². The van der Waals surface area contributed by atoms with Crippen molar-refractivity contribution in [1.29, 1.82) is 0 Å². The van der Waals surface area contributed by atoms with Crippen LogP contribution >= 0.6 is 0 Å². The van der Waals surface area contributed by atoms with E-state index in [2.05, 4.69) is 0 Å². The summed E-state index contributed by atoms with van der Waals surface area (Å²) in [7, 11) is 1.59. The molecule has 0 radical (unpaired) electrons. The molecule has 0 aromatic heterocycles. The fourth-order valence-corrected chi connectivity index (χ4v) is 1.05. The summed E-state index contributed by atoms with van der Waals surface area (Å²) in [4.78, 5) is 11.5. The minimum Gasteiger partial charge on any atom is -0.497 e. The second kappa shape index (κ2) is 5.39. The van der Waals surface area contributed by atoms with Gasteiger partial charge in [0.2, 0.25) is 0 Å². The van der Waals surface area contributed by atoms with E-state index in [9.17, 15) is 4.79 Å². The Bertz CT molecular complexity index is 314. The summed E-state index contributed by atoms with van der Waals surface area (Å²) in [6.45, 7) is 4.45. The van der Waals surface area contributed by atoms with Crippen LogP contribution in [0.1, 0.15) is 24.2 Å². The van der Waals surface area contributed by atoms with Crippen molar-refractivity contribution < 1.29 is 14.3 Å². The number of carbonyl (C=O) groups excluding carboxylic acids is 1. The van der Waals surface area contributed by atoms with Gasteiger partial charge in [-0.3, -0.25) is 0 Å². The fraction of sp³-hybridized carbons (Fsp3) is 0.417. The van der Waals surface area contributed by atoms with Crippen molar-refractivity contribution in [2.45, 2.75) is 13.8 Å². The number of carbonyl (C=O) groups is 1. The molecule has 0 saturated heterocycles. The van der Waals surface area contributed by atoms with Gasteiger partial charge in [-0.05, 0) is 30.2 Å². The standard InChI is InChI=1S/C12H16O3/c1-9(2)8-15-12(13)10-4-6-11(14-3)7-5-10/h4-7,9H,8H2,1-3H3. The average Bonchev–Trinajstić information content (AvgIpc) is 2.26. The van der Waals surface area contributed by atoms with Crippen LogP contribution < -0.4 is 4.74 Å². The maximum absolute atomic E-state index is 11.5. The third-order valence-corrected chi connectivity index (χ3v) is 1.87. The van der Waals surface area contributed by atoms with Crippen molar-refractivity contribution in [3.8, 4) is 5.75 Å². The Morgan fingerprint density at radius 1 is 1.27 bits per heavy atom. The summed E-state index contributed by atoms with van der Waals surface area (Å²) in [5.41, 5.74) is 0.552. The zero-order valence-corrected chi connectivity index (χ0v) is 9.32. The summed E-state index contributed by atoms with van der Waals surface area (Å²) < 4.78 is 10.1. The van der Waals surface area contributed by atoms with Crippen LogP contribution in [0.15, 0.2) is 24.3 Å². The highest BCUT2D eigenvalue weighted by atomic mass is 16.5. The second-order valence-electron chi connectivity index (χ2n) is 3.72. The van der Waals surface area contributed by atoms with Gasteiger partial charge < -0.3 is 9.47 Å². The van der Waals surface area contributed by atoms with Gasteiger partial charge in [0.05, 0.1) is 19.3 Å². The van der Waals surface area contributed by atoms with Gasteiger partial charge in [-0.2, -0.15) is 0 Å². The highest BCUT2D eigenvalue weighted by Crippen LogP contribution is 2.12. The quantitative estimate of drug-likeness (QED) is 0.713. The van der Waals surface area contributed by atoms with Crippen LogP contribution in [0, 0.1) is 5.92 Å². The van der Waals surface area contributed by atoms with Gasteiger partial charge in [0.15, 0.2) is 0 Å². The first-order valence-corrected chi connectivity index (χ1v) is 4.94. The molecule has 1 rings (SSSR count). The number of methoxy groups -OCH3 is 1. The van der Waals surface area contributed by atoms with Crippen molar-refractivity contribution in [2.24, 2.45) is 5.92 Å². The molecule has 0 atom stereocenters. The number of hydrogen-bond donors (Lipinski definition) is 0. The van der Waals surface area contributed by atoms with Crippen LogP contribution in [0.5, 0.6) is 5.75 Å². The van der Waals surface area contributed by atoms with E-state index in [0.29, 0.717) is 18.1 Å². The van der Waals surface area contributed by atoms with E-state index in [1.807, 2.05) is 13.8 Å². The first-order chi connectivity index (χ1) is 7.13. The van der Waals surface area contributed by atoms with Crippen LogP contribution in [0.4, 0.5) is 0 Å². The van der Waals surface area contributed by atoms with E-state index in [0.717, 1.165) is 5.75 Å². The summed E-state index contributed by atoms with van der Waals surface area (Å²) in [5, 5.41) is 0. The molecule has 82 valence electrons. The van der Waals surface area contributed by atoms with Crippen molar-refractivity contribution in [3.05, 3.63) is 29.8 Å². The highest BCUT2D eigenvalue weighted by Gasteiger charge is 2.07. The van der Waals surface area contributed by atoms with Crippen LogP contribution in [-0.2, 0) is 4.74 Å². The molecule has 0 spiro atoms. The summed E-state index contributed by atoms with van der Waals surface area (Å²) in [5.74, 6) is 0.800. The van der Waals surface area contributed by atoms with Gasteiger partial charge in [0, 0.05) is 0 Å². The molecule has 3 heteroatoms. The molecular weight excluding hydrogens is 192 g/mol. The lowest BCUT2D eigenvalue weighted by molar-refractivity contribution is 0.0459. The van der Waals surface area contributed by atoms with Crippen molar-refractivity contribution in [2.75, 3.05) is 13.7 Å². The van der Waals surface area contributed by atoms with Crippen molar-refractivity contribution in [3.63, 3.8) is 0 Å². The lowest BCUT2D eigenvalue weighted by atomic mass is 10.2. The molecule has 0 amide bonds.